The normalized spacial score (nSPS) is 10.7. The SMILES string of the molecule is COc1cccc(Nc2nnc(SCc3ncc(Cl)n3C)s2)c1. The average Bonchev–Trinajstić information content (AvgIpc) is 3.13. The zero-order valence-electron chi connectivity index (χ0n) is 12.5. The number of anilines is 2. The summed E-state index contributed by atoms with van der Waals surface area (Å²) in [6, 6.07) is 7.67. The molecule has 23 heavy (non-hydrogen) atoms. The molecule has 0 amide bonds. The lowest BCUT2D eigenvalue weighted by molar-refractivity contribution is 0.415. The van der Waals surface area contributed by atoms with Gasteiger partial charge in [0, 0.05) is 18.8 Å². The highest BCUT2D eigenvalue weighted by Crippen LogP contribution is 2.30. The van der Waals surface area contributed by atoms with E-state index in [-0.39, 0.29) is 0 Å². The van der Waals surface area contributed by atoms with Crippen LogP contribution in [0.5, 0.6) is 5.75 Å². The Balaban J connectivity index is 1.62. The van der Waals surface area contributed by atoms with E-state index in [1.807, 2.05) is 35.9 Å². The van der Waals surface area contributed by atoms with Gasteiger partial charge in [-0.05, 0) is 12.1 Å². The number of benzene rings is 1. The maximum absolute atomic E-state index is 5.98. The van der Waals surface area contributed by atoms with Gasteiger partial charge in [-0.2, -0.15) is 0 Å². The van der Waals surface area contributed by atoms with Crippen LogP contribution < -0.4 is 10.1 Å². The molecule has 1 N–H and O–H groups in total. The Hall–Kier alpha value is -1.77. The molecule has 3 rings (SSSR count). The van der Waals surface area contributed by atoms with Crippen molar-refractivity contribution < 1.29 is 4.74 Å². The quantitative estimate of drug-likeness (QED) is 0.665. The van der Waals surface area contributed by atoms with Crippen molar-refractivity contribution in [3.05, 3.63) is 41.4 Å². The lowest BCUT2D eigenvalue weighted by Crippen LogP contribution is -1.95. The van der Waals surface area contributed by atoms with Crippen molar-refractivity contribution in [1.82, 2.24) is 19.7 Å². The molecule has 0 saturated carbocycles. The van der Waals surface area contributed by atoms with Crippen LogP contribution >= 0.6 is 34.7 Å². The van der Waals surface area contributed by atoms with Crippen molar-refractivity contribution in [2.75, 3.05) is 12.4 Å². The molecule has 0 aliphatic rings. The number of aromatic nitrogens is 4. The zero-order valence-corrected chi connectivity index (χ0v) is 14.9. The summed E-state index contributed by atoms with van der Waals surface area (Å²) < 4.78 is 7.92. The van der Waals surface area contributed by atoms with Gasteiger partial charge in [-0.15, -0.1) is 10.2 Å². The summed E-state index contributed by atoms with van der Waals surface area (Å²) >= 11 is 9.05. The predicted molar refractivity (Wildman–Crippen MR) is 94.0 cm³/mol. The van der Waals surface area contributed by atoms with E-state index < -0.39 is 0 Å². The maximum Gasteiger partial charge on any atom is 0.210 e. The average molecular weight is 368 g/mol. The molecule has 0 unspecified atom stereocenters. The lowest BCUT2D eigenvalue weighted by Gasteiger charge is -2.04. The van der Waals surface area contributed by atoms with Gasteiger partial charge in [0.05, 0.1) is 19.1 Å². The molecule has 3 aromatic rings. The Morgan fingerprint density at radius 1 is 1.39 bits per heavy atom. The van der Waals surface area contributed by atoms with Crippen molar-refractivity contribution in [3.8, 4) is 5.75 Å². The van der Waals surface area contributed by atoms with Crippen LogP contribution in [-0.2, 0) is 12.8 Å². The molecule has 0 spiro atoms. The molecule has 0 atom stereocenters. The summed E-state index contributed by atoms with van der Waals surface area (Å²) in [6.45, 7) is 0. The molecule has 0 aliphatic heterocycles. The van der Waals surface area contributed by atoms with E-state index in [1.165, 1.54) is 11.3 Å². The first-order chi connectivity index (χ1) is 11.2. The Morgan fingerprint density at radius 3 is 3.00 bits per heavy atom. The number of rotatable bonds is 6. The summed E-state index contributed by atoms with van der Waals surface area (Å²) in [7, 11) is 3.53. The van der Waals surface area contributed by atoms with Crippen LogP contribution in [0.3, 0.4) is 0 Å². The van der Waals surface area contributed by atoms with Crippen molar-refractivity contribution >= 4 is 45.5 Å². The molecule has 2 aromatic heterocycles. The molecule has 9 heteroatoms. The number of ether oxygens (including phenoxy) is 1. The number of hydrogen-bond donors (Lipinski definition) is 1. The molecule has 0 fully saturated rings. The van der Waals surface area contributed by atoms with Gasteiger partial charge in [0.25, 0.3) is 0 Å². The van der Waals surface area contributed by atoms with E-state index in [4.69, 9.17) is 16.3 Å². The van der Waals surface area contributed by atoms with Gasteiger partial charge in [0.2, 0.25) is 5.13 Å². The molecule has 120 valence electrons. The molecule has 2 heterocycles. The van der Waals surface area contributed by atoms with E-state index in [1.54, 1.807) is 25.1 Å². The third kappa shape index (κ3) is 3.95. The lowest BCUT2D eigenvalue weighted by atomic mass is 10.3. The fourth-order valence-corrected chi connectivity index (χ4v) is 3.74. The van der Waals surface area contributed by atoms with Crippen molar-refractivity contribution in [3.63, 3.8) is 0 Å². The maximum atomic E-state index is 5.98. The fourth-order valence-electron chi connectivity index (χ4n) is 1.83. The first kappa shape index (κ1) is 16.1. The van der Waals surface area contributed by atoms with E-state index in [0.29, 0.717) is 10.9 Å². The summed E-state index contributed by atoms with van der Waals surface area (Å²) in [5.41, 5.74) is 0.910. The standard InChI is InChI=1S/C14H14ClN5OS2/c1-20-11(15)7-16-12(20)8-22-14-19-18-13(23-14)17-9-4-3-5-10(6-9)21-2/h3-7H,8H2,1-2H3,(H,17,18). The van der Waals surface area contributed by atoms with E-state index in [0.717, 1.165) is 26.7 Å². The number of nitrogens with one attached hydrogen (secondary N) is 1. The Labute approximate surface area is 146 Å². The van der Waals surface area contributed by atoms with Crippen LogP contribution in [0.25, 0.3) is 0 Å². The largest absolute Gasteiger partial charge is 0.497 e. The van der Waals surface area contributed by atoms with E-state index in [2.05, 4.69) is 20.5 Å². The molecule has 0 aliphatic carbocycles. The molecular formula is C14H14ClN5OS2. The first-order valence-corrected chi connectivity index (χ1v) is 8.87. The number of imidazole rings is 1. The summed E-state index contributed by atoms with van der Waals surface area (Å²) in [6.07, 6.45) is 1.65. The highest BCUT2D eigenvalue weighted by atomic mass is 35.5. The molecule has 1 aromatic carbocycles. The number of thioether (sulfide) groups is 1. The summed E-state index contributed by atoms with van der Waals surface area (Å²) in [4.78, 5) is 4.26. The molecule has 0 bridgehead atoms. The fraction of sp³-hybridized carbons (Fsp3) is 0.214. The minimum Gasteiger partial charge on any atom is -0.497 e. The van der Waals surface area contributed by atoms with Gasteiger partial charge < -0.3 is 14.6 Å². The third-order valence-electron chi connectivity index (χ3n) is 3.08. The highest BCUT2D eigenvalue weighted by Gasteiger charge is 2.09. The smallest absolute Gasteiger partial charge is 0.210 e. The van der Waals surface area contributed by atoms with E-state index >= 15 is 0 Å². The summed E-state index contributed by atoms with van der Waals surface area (Å²) in [5.74, 6) is 2.38. The topological polar surface area (TPSA) is 64.9 Å². The minimum absolute atomic E-state index is 0.623. The Morgan fingerprint density at radius 2 is 2.26 bits per heavy atom. The van der Waals surface area contributed by atoms with Gasteiger partial charge >= 0.3 is 0 Å². The Kier molecular flexibility index (Phi) is 5.04. The van der Waals surface area contributed by atoms with Crippen LogP contribution in [0, 0.1) is 0 Å². The number of hydrogen-bond acceptors (Lipinski definition) is 7. The van der Waals surface area contributed by atoms with Gasteiger partial charge in [0.15, 0.2) is 4.34 Å². The summed E-state index contributed by atoms with van der Waals surface area (Å²) in [5, 5.41) is 12.9. The van der Waals surface area contributed by atoms with Crippen LogP contribution in [0.4, 0.5) is 10.8 Å². The van der Waals surface area contributed by atoms with Gasteiger partial charge in [-0.25, -0.2) is 4.98 Å². The molecule has 0 saturated heterocycles. The number of nitrogens with zero attached hydrogens (tertiary/aromatic N) is 4. The van der Waals surface area contributed by atoms with Gasteiger partial charge in [-0.1, -0.05) is 40.8 Å². The second-order valence-corrected chi connectivity index (χ2v) is 7.16. The van der Waals surface area contributed by atoms with Crippen LogP contribution in [0.2, 0.25) is 5.15 Å². The monoisotopic (exact) mass is 367 g/mol. The van der Waals surface area contributed by atoms with Crippen LogP contribution in [0.1, 0.15) is 5.82 Å². The van der Waals surface area contributed by atoms with Crippen molar-refractivity contribution in [1.29, 1.82) is 0 Å². The minimum atomic E-state index is 0.623. The third-order valence-corrected chi connectivity index (χ3v) is 5.40. The highest BCUT2D eigenvalue weighted by molar-refractivity contribution is 8.00. The molecular weight excluding hydrogens is 354 g/mol. The predicted octanol–water partition coefficient (Wildman–Crippen LogP) is 3.97. The van der Waals surface area contributed by atoms with Crippen molar-refractivity contribution in [2.45, 2.75) is 10.1 Å². The Bertz CT molecular complexity index is 804. The first-order valence-electron chi connectivity index (χ1n) is 6.69. The van der Waals surface area contributed by atoms with Crippen LogP contribution in [0.15, 0.2) is 34.8 Å². The number of methoxy groups -OCH3 is 1. The second kappa shape index (κ2) is 7.20. The van der Waals surface area contributed by atoms with Crippen molar-refractivity contribution in [2.24, 2.45) is 7.05 Å². The van der Waals surface area contributed by atoms with Crippen LogP contribution in [-0.4, -0.2) is 26.9 Å². The van der Waals surface area contributed by atoms with Gasteiger partial charge in [0.1, 0.15) is 16.7 Å². The molecule has 0 radical (unpaired) electrons. The number of halogens is 1. The molecule has 6 nitrogen and oxygen atoms in total. The zero-order chi connectivity index (χ0) is 16.2. The second-order valence-electron chi connectivity index (χ2n) is 4.57. The van der Waals surface area contributed by atoms with Gasteiger partial charge in [-0.3, -0.25) is 0 Å². The van der Waals surface area contributed by atoms with E-state index in [9.17, 15) is 0 Å².